The summed E-state index contributed by atoms with van der Waals surface area (Å²) in [4.78, 5) is 19.9. The fourth-order valence-corrected chi connectivity index (χ4v) is 4.79. The number of rotatable bonds is 7. The molecule has 1 aromatic carbocycles. The minimum Gasteiger partial charge on any atom is -0.360 e. The van der Waals surface area contributed by atoms with Gasteiger partial charge in [0.05, 0.1) is 31.7 Å². The van der Waals surface area contributed by atoms with Crippen LogP contribution in [0.3, 0.4) is 0 Å². The predicted octanol–water partition coefficient (Wildman–Crippen LogP) is 2.69. The van der Waals surface area contributed by atoms with Crippen LogP contribution in [0.1, 0.15) is 56.7 Å². The molecule has 1 unspecified atom stereocenters. The normalized spacial score (nSPS) is 19.8. The second kappa shape index (κ2) is 9.92. The summed E-state index contributed by atoms with van der Waals surface area (Å²) in [6.45, 7) is 14.5. The lowest BCUT2D eigenvalue weighted by atomic mass is 10.0. The largest absolute Gasteiger partial charge is 0.360 e. The average molecular weight is 430 g/mol. The van der Waals surface area contributed by atoms with Crippen molar-refractivity contribution in [2.75, 3.05) is 19.6 Å². The van der Waals surface area contributed by atoms with Crippen LogP contribution in [0.2, 0.25) is 0 Å². The molecule has 0 spiro atoms. The van der Waals surface area contributed by atoms with Gasteiger partial charge in [-0.05, 0) is 68.9 Å². The van der Waals surface area contributed by atoms with Gasteiger partial charge in [0.25, 0.3) is 5.56 Å². The monoisotopic (exact) mass is 429 g/mol. The van der Waals surface area contributed by atoms with Crippen molar-refractivity contribution in [1.82, 2.24) is 15.2 Å². The number of hydrogen-bond acceptors (Lipinski definition) is 2. The molecule has 2 aromatic rings. The highest BCUT2D eigenvalue weighted by Gasteiger charge is 2.30. The van der Waals surface area contributed by atoms with Crippen molar-refractivity contribution in [3.8, 4) is 0 Å². The highest BCUT2D eigenvalue weighted by Crippen LogP contribution is 2.19. The van der Waals surface area contributed by atoms with Crippen molar-refractivity contribution in [3.05, 3.63) is 45.2 Å². The molecule has 164 valence electrons. The van der Waals surface area contributed by atoms with Crippen LogP contribution in [0.25, 0.3) is 10.9 Å². The minimum absolute atomic E-state index is 0.0151. The Morgan fingerprint density at radius 2 is 2.13 bits per heavy atom. The number of H-pyrrole nitrogens is 1. The van der Waals surface area contributed by atoms with Gasteiger partial charge in [0.1, 0.15) is 6.04 Å². The number of aromatic nitrogens is 1. The molecule has 0 amide bonds. The Hall–Kier alpha value is -1.92. The maximum absolute atomic E-state index is 12.9. The third-order valence-electron chi connectivity index (χ3n) is 6.78. The molecule has 0 aliphatic carbocycles. The van der Waals surface area contributed by atoms with E-state index in [1.54, 1.807) is 4.90 Å². The Balaban J connectivity index is 1.89. The molecule has 5 nitrogen and oxygen atoms in total. The lowest BCUT2D eigenvalue weighted by Gasteiger charge is -2.31. The van der Waals surface area contributed by atoms with Crippen molar-refractivity contribution < 1.29 is 4.90 Å². The number of nitrogens with one attached hydrogen (secondary N) is 3. The summed E-state index contributed by atoms with van der Waals surface area (Å²) >= 11 is 5.80. The second-order valence-corrected chi connectivity index (χ2v) is 9.22. The van der Waals surface area contributed by atoms with Crippen LogP contribution in [0.4, 0.5) is 0 Å². The molecule has 6 heteroatoms. The summed E-state index contributed by atoms with van der Waals surface area (Å²) in [5.74, 6) is 0. The summed E-state index contributed by atoms with van der Waals surface area (Å²) in [6, 6.07) is 7.14. The van der Waals surface area contributed by atoms with Gasteiger partial charge in [-0.2, -0.15) is 0 Å². The number of hydrogen-bond donors (Lipinski definition) is 3. The smallest absolute Gasteiger partial charge is 0.253 e. The van der Waals surface area contributed by atoms with E-state index in [9.17, 15) is 4.79 Å². The van der Waals surface area contributed by atoms with Crippen molar-refractivity contribution >= 4 is 28.2 Å². The lowest BCUT2D eigenvalue weighted by molar-refractivity contribution is -0.909. The fourth-order valence-electron chi connectivity index (χ4n) is 4.45. The number of fused-ring (bicyclic) bond motifs is 1. The van der Waals surface area contributed by atoms with E-state index < -0.39 is 0 Å². The van der Waals surface area contributed by atoms with Gasteiger partial charge >= 0.3 is 0 Å². The summed E-state index contributed by atoms with van der Waals surface area (Å²) in [6.07, 6.45) is 3.50. The number of aryl methyl sites for hydroxylation is 2. The maximum atomic E-state index is 12.9. The topological polar surface area (TPSA) is 52.6 Å². The molecule has 1 aliphatic rings. The molecule has 1 aliphatic heterocycles. The highest BCUT2D eigenvalue weighted by atomic mass is 32.1. The zero-order valence-electron chi connectivity index (χ0n) is 19.1. The van der Waals surface area contributed by atoms with E-state index in [0.717, 1.165) is 46.7 Å². The Kier molecular flexibility index (Phi) is 7.53. The Bertz CT molecular complexity index is 954. The van der Waals surface area contributed by atoms with Crippen LogP contribution in [0.15, 0.2) is 23.0 Å². The SMILES string of the molecule is CC[C@H](C)NC(=S)N(Cc1cc2ccc(C)c(C)c2[nH]c1=O)C[C@@H]1CCC[NH+]1CC. The Labute approximate surface area is 185 Å². The number of benzene rings is 1. The maximum Gasteiger partial charge on any atom is 0.253 e. The molecule has 1 aromatic heterocycles. The van der Waals surface area contributed by atoms with Crippen molar-refractivity contribution in [2.45, 2.75) is 72.5 Å². The minimum atomic E-state index is -0.0151. The van der Waals surface area contributed by atoms with Crippen molar-refractivity contribution in [1.29, 1.82) is 0 Å². The van der Waals surface area contributed by atoms with Gasteiger partial charge in [-0.15, -0.1) is 0 Å². The Morgan fingerprint density at radius 1 is 1.37 bits per heavy atom. The predicted molar refractivity (Wildman–Crippen MR) is 129 cm³/mol. The van der Waals surface area contributed by atoms with E-state index in [1.165, 1.54) is 24.9 Å². The molecule has 30 heavy (non-hydrogen) atoms. The summed E-state index contributed by atoms with van der Waals surface area (Å²) in [5.41, 5.74) is 4.02. The Morgan fingerprint density at radius 3 is 2.83 bits per heavy atom. The van der Waals surface area contributed by atoms with Gasteiger partial charge < -0.3 is 20.1 Å². The lowest BCUT2D eigenvalue weighted by Crippen LogP contribution is -3.14. The van der Waals surface area contributed by atoms with Crippen molar-refractivity contribution in [3.63, 3.8) is 0 Å². The van der Waals surface area contributed by atoms with Crippen LogP contribution in [-0.2, 0) is 6.54 Å². The van der Waals surface area contributed by atoms with Gasteiger partial charge in [0, 0.05) is 24.4 Å². The molecular formula is C24H37N4OS+. The molecule has 0 saturated carbocycles. The number of likely N-dealkylation sites (N-methyl/N-ethyl adjacent to an activating group) is 1. The third-order valence-corrected chi connectivity index (χ3v) is 7.16. The molecule has 3 N–H and O–H groups in total. The zero-order valence-corrected chi connectivity index (χ0v) is 19.9. The standard InChI is InChI=1S/C24H36N4OS/c1-6-17(4)25-24(30)28(15-21-9-8-12-27(21)7-2)14-20-13-19-11-10-16(3)18(5)22(19)26-23(20)29/h10-11,13,17,21H,6-9,12,14-15H2,1-5H3,(H,25,30)(H,26,29)/p+1/t17-,21-/m0/s1. The first-order valence-electron chi connectivity index (χ1n) is 11.4. The van der Waals surface area contributed by atoms with Gasteiger partial charge in [0.15, 0.2) is 5.11 Å². The molecule has 1 fully saturated rings. The average Bonchev–Trinajstić information content (AvgIpc) is 3.18. The van der Waals surface area contributed by atoms with Gasteiger partial charge in [-0.3, -0.25) is 4.79 Å². The third kappa shape index (κ3) is 5.03. The molecule has 3 rings (SSSR count). The van der Waals surface area contributed by atoms with Crippen LogP contribution < -0.4 is 15.8 Å². The summed E-state index contributed by atoms with van der Waals surface area (Å²) < 4.78 is 0. The van der Waals surface area contributed by atoms with Gasteiger partial charge in [-0.1, -0.05) is 19.1 Å². The quantitative estimate of drug-likeness (QED) is 0.593. The summed E-state index contributed by atoms with van der Waals surface area (Å²) in [5, 5.41) is 5.30. The fraction of sp³-hybridized carbons (Fsp3) is 0.583. The highest BCUT2D eigenvalue weighted by molar-refractivity contribution is 7.80. The van der Waals surface area contributed by atoms with E-state index in [0.29, 0.717) is 18.6 Å². The van der Waals surface area contributed by atoms with Crippen LogP contribution >= 0.6 is 12.2 Å². The number of quaternary nitrogens is 1. The number of thiocarbonyl (C=S) groups is 1. The molecule has 1 saturated heterocycles. The first-order chi connectivity index (χ1) is 14.3. The van der Waals surface area contributed by atoms with Gasteiger partial charge in [-0.25, -0.2) is 0 Å². The number of pyridine rings is 1. The first-order valence-corrected chi connectivity index (χ1v) is 11.8. The van der Waals surface area contributed by atoms with Crippen LogP contribution in [-0.4, -0.2) is 46.7 Å². The number of nitrogens with zero attached hydrogens (tertiary/aromatic N) is 1. The first kappa shape index (κ1) is 22.8. The number of aromatic amines is 1. The number of likely N-dealkylation sites (tertiary alicyclic amines) is 1. The second-order valence-electron chi connectivity index (χ2n) is 8.84. The van der Waals surface area contributed by atoms with Crippen LogP contribution in [0.5, 0.6) is 0 Å². The summed E-state index contributed by atoms with van der Waals surface area (Å²) in [7, 11) is 0. The van der Waals surface area contributed by atoms with E-state index in [2.05, 4.69) is 62.0 Å². The van der Waals surface area contributed by atoms with Crippen LogP contribution in [0, 0.1) is 13.8 Å². The van der Waals surface area contributed by atoms with E-state index in [1.807, 2.05) is 6.07 Å². The van der Waals surface area contributed by atoms with E-state index in [4.69, 9.17) is 12.2 Å². The van der Waals surface area contributed by atoms with E-state index >= 15 is 0 Å². The molecule has 3 atom stereocenters. The van der Waals surface area contributed by atoms with Crippen molar-refractivity contribution in [2.24, 2.45) is 0 Å². The zero-order chi connectivity index (χ0) is 21.8. The molecule has 0 bridgehead atoms. The molecular weight excluding hydrogens is 392 g/mol. The molecule has 0 radical (unpaired) electrons. The van der Waals surface area contributed by atoms with E-state index in [-0.39, 0.29) is 5.56 Å². The van der Waals surface area contributed by atoms with Gasteiger partial charge in [0.2, 0.25) is 0 Å². The molecule has 2 heterocycles.